The molecule has 0 amide bonds. The molecule has 0 saturated carbocycles. The van der Waals surface area contributed by atoms with Gasteiger partial charge in [0.05, 0.1) is 11.1 Å². The van der Waals surface area contributed by atoms with Crippen LogP contribution >= 0.6 is 15.9 Å². The SMILES string of the molecule is CCC(C)c1cc(C(=O)O)c2cc(F)cc(Br)c2n1. The van der Waals surface area contributed by atoms with E-state index in [2.05, 4.69) is 20.9 Å². The van der Waals surface area contributed by atoms with Gasteiger partial charge in [0.2, 0.25) is 0 Å². The zero-order valence-electron chi connectivity index (χ0n) is 10.6. The minimum Gasteiger partial charge on any atom is -0.478 e. The molecule has 1 heterocycles. The van der Waals surface area contributed by atoms with E-state index in [9.17, 15) is 14.3 Å². The molecule has 19 heavy (non-hydrogen) atoms. The molecule has 1 atom stereocenters. The molecule has 1 aromatic carbocycles. The van der Waals surface area contributed by atoms with Crippen molar-refractivity contribution in [2.75, 3.05) is 0 Å². The van der Waals surface area contributed by atoms with Crippen LogP contribution in [0.2, 0.25) is 0 Å². The number of halogens is 2. The second-order valence-corrected chi connectivity index (χ2v) is 5.35. The molecule has 1 aromatic heterocycles. The lowest BCUT2D eigenvalue weighted by molar-refractivity contribution is 0.0699. The van der Waals surface area contributed by atoms with Crippen LogP contribution in [-0.4, -0.2) is 16.1 Å². The van der Waals surface area contributed by atoms with Crippen molar-refractivity contribution in [2.24, 2.45) is 0 Å². The van der Waals surface area contributed by atoms with Crippen LogP contribution in [-0.2, 0) is 0 Å². The lowest BCUT2D eigenvalue weighted by atomic mass is 10.00. The van der Waals surface area contributed by atoms with Crippen LogP contribution in [0, 0.1) is 5.82 Å². The van der Waals surface area contributed by atoms with Crippen molar-refractivity contribution in [1.82, 2.24) is 4.98 Å². The van der Waals surface area contributed by atoms with E-state index in [0.29, 0.717) is 21.1 Å². The Morgan fingerprint density at radius 3 is 2.74 bits per heavy atom. The molecule has 0 aliphatic heterocycles. The van der Waals surface area contributed by atoms with Gasteiger partial charge >= 0.3 is 5.97 Å². The summed E-state index contributed by atoms with van der Waals surface area (Å²) in [5, 5.41) is 9.59. The van der Waals surface area contributed by atoms with Crippen LogP contribution in [0.5, 0.6) is 0 Å². The first-order chi connectivity index (χ1) is 8.93. The fourth-order valence-corrected chi connectivity index (χ4v) is 2.43. The van der Waals surface area contributed by atoms with Crippen LogP contribution in [0.3, 0.4) is 0 Å². The Morgan fingerprint density at radius 1 is 1.47 bits per heavy atom. The monoisotopic (exact) mass is 325 g/mol. The summed E-state index contributed by atoms with van der Waals surface area (Å²) in [4.78, 5) is 15.8. The summed E-state index contributed by atoms with van der Waals surface area (Å²) in [5.74, 6) is -1.41. The second-order valence-electron chi connectivity index (χ2n) is 4.49. The number of aromatic carboxylic acids is 1. The molecule has 1 unspecified atom stereocenters. The number of benzene rings is 1. The summed E-state index contributed by atoms with van der Waals surface area (Å²) in [6.07, 6.45) is 0.858. The van der Waals surface area contributed by atoms with Gasteiger partial charge in [-0.05, 0) is 46.5 Å². The molecule has 0 spiro atoms. The lowest BCUT2D eigenvalue weighted by Gasteiger charge is -2.12. The van der Waals surface area contributed by atoms with Gasteiger partial charge in [0.1, 0.15) is 5.82 Å². The summed E-state index contributed by atoms with van der Waals surface area (Å²) < 4.78 is 13.9. The molecule has 2 rings (SSSR count). The van der Waals surface area contributed by atoms with Crippen LogP contribution < -0.4 is 0 Å². The quantitative estimate of drug-likeness (QED) is 0.912. The Bertz CT molecular complexity index is 657. The van der Waals surface area contributed by atoms with E-state index in [1.165, 1.54) is 18.2 Å². The van der Waals surface area contributed by atoms with Crippen molar-refractivity contribution in [3.8, 4) is 0 Å². The number of carbonyl (C=O) groups is 1. The van der Waals surface area contributed by atoms with Gasteiger partial charge in [-0.2, -0.15) is 0 Å². The number of carboxylic acid groups (broad SMARTS) is 1. The van der Waals surface area contributed by atoms with Gasteiger partial charge < -0.3 is 5.11 Å². The van der Waals surface area contributed by atoms with Crippen molar-refractivity contribution < 1.29 is 14.3 Å². The molecular formula is C14H13BrFNO2. The molecule has 0 radical (unpaired) electrons. The Morgan fingerprint density at radius 2 is 2.16 bits per heavy atom. The Balaban J connectivity index is 2.83. The maximum absolute atomic E-state index is 13.4. The number of pyridine rings is 1. The molecule has 100 valence electrons. The van der Waals surface area contributed by atoms with E-state index in [-0.39, 0.29) is 11.5 Å². The van der Waals surface area contributed by atoms with Gasteiger partial charge in [-0.1, -0.05) is 13.8 Å². The molecule has 3 nitrogen and oxygen atoms in total. The fraction of sp³-hybridized carbons (Fsp3) is 0.286. The molecule has 2 aromatic rings. The topological polar surface area (TPSA) is 50.2 Å². The summed E-state index contributed by atoms with van der Waals surface area (Å²) in [5.41, 5.74) is 1.27. The summed E-state index contributed by atoms with van der Waals surface area (Å²) >= 11 is 3.24. The van der Waals surface area contributed by atoms with E-state index >= 15 is 0 Å². The Hall–Kier alpha value is -1.49. The smallest absolute Gasteiger partial charge is 0.336 e. The number of fused-ring (bicyclic) bond motifs is 1. The van der Waals surface area contributed by atoms with Crippen LogP contribution in [0.1, 0.15) is 42.2 Å². The number of carboxylic acids is 1. The molecular weight excluding hydrogens is 313 g/mol. The van der Waals surface area contributed by atoms with Gasteiger partial charge in [-0.25, -0.2) is 9.18 Å². The predicted octanol–water partition coefficient (Wildman–Crippen LogP) is 4.35. The predicted molar refractivity (Wildman–Crippen MR) is 75.1 cm³/mol. The van der Waals surface area contributed by atoms with Gasteiger partial charge in [-0.3, -0.25) is 4.98 Å². The maximum Gasteiger partial charge on any atom is 0.336 e. The highest BCUT2D eigenvalue weighted by molar-refractivity contribution is 9.10. The minimum atomic E-state index is -1.07. The highest BCUT2D eigenvalue weighted by Gasteiger charge is 2.17. The van der Waals surface area contributed by atoms with Crippen LogP contribution in [0.4, 0.5) is 4.39 Å². The summed E-state index contributed by atoms with van der Waals surface area (Å²) in [6.45, 7) is 3.99. The van der Waals surface area contributed by atoms with Crippen molar-refractivity contribution in [3.63, 3.8) is 0 Å². The average molecular weight is 326 g/mol. The lowest BCUT2D eigenvalue weighted by Crippen LogP contribution is -2.04. The largest absolute Gasteiger partial charge is 0.478 e. The first-order valence-electron chi connectivity index (χ1n) is 5.97. The summed E-state index contributed by atoms with van der Waals surface area (Å²) in [6, 6.07) is 4.03. The third-order valence-electron chi connectivity index (χ3n) is 3.20. The van der Waals surface area contributed by atoms with E-state index in [4.69, 9.17) is 0 Å². The van der Waals surface area contributed by atoms with E-state index in [0.717, 1.165) is 6.42 Å². The maximum atomic E-state index is 13.4. The molecule has 5 heteroatoms. The normalized spacial score (nSPS) is 12.6. The van der Waals surface area contributed by atoms with Crippen molar-refractivity contribution in [1.29, 1.82) is 0 Å². The van der Waals surface area contributed by atoms with Gasteiger partial charge in [0.25, 0.3) is 0 Å². The second kappa shape index (κ2) is 5.25. The minimum absolute atomic E-state index is 0.0838. The zero-order valence-corrected chi connectivity index (χ0v) is 12.2. The van der Waals surface area contributed by atoms with E-state index < -0.39 is 11.8 Å². The van der Waals surface area contributed by atoms with Crippen LogP contribution in [0.15, 0.2) is 22.7 Å². The molecule has 0 fully saturated rings. The summed E-state index contributed by atoms with van der Waals surface area (Å²) in [7, 11) is 0. The number of hydrogen-bond acceptors (Lipinski definition) is 2. The molecule has 0 aliphatic carbocycles. The molecule has 0 saturated heterocycles. The number of rotatable bonds is 3. The van der Waals surface area contributed by atoms with E-state index in [1.807, 2.05) is 13.8 Å². The highest BCUT2D eigenvalue weighted by atomic mass is 79.9. The van der Waals surface area contributed by atoms with Gasteiger partial charge in [-0.15, -0.1) is 0 Å². The van der Waals surface area contributed by atoms with Crippen molar-refractivity contribution >= 4 is 32.8 Å². The third-order valence-corrected chi connectivity index (χ3v) is 3.80. The molecule has 1 N–H and O–H groups in total. The zero-order chi connectivity index (χ0) is 14.2. The number of aromatic nitrogens is 1. The molecule has 0 aliphatic rings. The van der Waals surface area contributed by atoms with Crippen molar-refractivity contribution in [3.05, 3.63) is 39.7 Å². The van der Waals surface area contributed by atoms with Crippen molar-refractivity contribution in [2.45, 2.75) is 26.2 Å². The average Bonchev–Trinajstić information content (AvgIpc) is 2.36. The number of nitrogens with zero attached hydrogens (tertiary/aromatic N) is 1. The van der Waals surface area contributed by atoms with Gasteiger partial charge in [0.15, 0.2) is 0 Å². The highest BCUT2D eigenvalue weighted by Crippen LogP contribution is 2.29. The Labute approximate surface area is 118 Å². The fourth-order valence-electron chi connectivity index (χ4n) is 1.91. The standard InChI is InChI=1S/C14H13BrFNO2/c1-3-7(2)12-6-10(14(18)19)9-4-8(16)5-11(15)13(9)17-12/h4-7H,3H2,1-2H3,(H,18,19). The van der Waals surface area contributed by atoms with Gasteiger partial charge in [0, 0.05) is 15.6 Å². The third kappa shape index (κ3) is 2.61. The van der Waals surface area contributed by atoms with E-state index in [1.54, 1.807) is 0 Å². The number of hydrogen-bond donors (Lipinski definition) is 1. The first kappa shape index (κ1) is 13.9. The Kier molecular flexibility index (Phi) is 3.85. The molecule has 0 bridgehead atoms. The van der Waals surface area contributed by atoms with Crippen LogP contribution in [0.25, 0.3) is 10.9 Å². The first-order valence-corrected chi connectivity index (χ1v) is 6.76.